The van der Waals surface area contributed by atoms with Crippen molar-refractivity contribution in [3.8, 4) is 11.3 Å². The zero-order valence-corrected chi connectivity index (χ0v) is 16.9. The summed E-state index contributed by atoms with van der Waals surface area (Å²) in [6.45, 7) is 4.02. The summed E-state index contributed by atoms with van der Waals surface area (Å²) in [5, 5.41) is 6.24. The van der Waals surface area contributed by atoms with E-state index in [0.29, 0.717) is 11.4 Å². The highest BCUT2D eigenvalue weighted by Gasteiger charge is 2.09. The van der Waals surface area contributed by atoms with Gasteiger partial charge in [-0.1, -0.05) is 54.1 Å². The van der Waals surface area contributed by atoms with Crippen LogP contribution >= 0.6 is 0 Å². The molecule has 4 rings (SSSR count). The second-order valence-corrected chi connectivity index (χ2v) is 7.13. The van der Waals surface area contributed by atoms with Crippen LogP contribution < -0.4 is 10.6 Å². The van der Waals surface area contributed by atoms with Gasteiger partial charge in [-0.2, -0.15) is 0 Å². The van der Waals surface area contributed by atoms with Crippen LogP contribution in [0.4, 0.5) is 17.2 Å². The van der Waals surface area contributed by atoms with Gasteiger partial charge in [0, 0.05) is 28.6 Å². The molecule has 0 saturated carbocycles. The number of carbonyl (C=O) groups excluding carboxylic acids is 1. The number of hydrogen-bond acceptors (Lipinski definition) is 4. The van der Waals surface area contributed by atoms with Gasteiger partial charge in [0.25, 0.3) is 5.91 Å². The normalized spacial score (nSPS) is 10.5. The molecule has 4 aromatic rings. The number of nitrogens with one attached hydrogen (secondary N) is 2. The zero-order chi connectivity index (χ0) is 20.9. The van der Waals surface area contributed by atoms with Crippen molar-refractivity contribution in [3.05, 3.63) is 102 Å². The molecule has 148 valence electrons. The molecule has 0 spiro atoms. The van der Waals surface area contributed by atoms with Crippen molar-refractivity contribution in [3.63, 3.8) is 0 Å². The lowest BCUT2D eigenvalue weighted by Crippen LogP contribution is -2.13. The third kappa shape index (κ3) is 4.52. The summed E-state index contributed by atoms with van der Waals surface area (Å²) >= 11 is 0. The zero-order valence-electron chi connectivity index (χ0n) is 16.9. The van der Waals surface area contributed by atoms with Gasteiger partial charge in [0.05, 0.1) is 5.69 Å². The molecule has 1 amide bonds. The van der Waals surface area contributed by atoms with E-state index in [2.05, 4.69) is 20.6 Å². The van der Waals surface area contributed by atoms with E-state index in [0.717, 1.165) is 33.8 Å². The van der Waals surface area contributed by atoms with Gasteiger partial charge >= 0.3 is 0 Å². The van der Waals surface area contributed by atoms with Crippen molar-refractivity contribution in [2.45, 2.75) is 13.8 Å². The van der Waals surface area contributed by atoms with Crippen molar-refractivity contribution in [2.75, 3.05) is 10.6 Å². The van der Waals surface area contributed by atoms with E-state index in [4.69, 9.17) is 0 Å². The average molecular weight is 394 g/mol. The lowest BCUT2D eigenvalue weighted by Gasteiger charge is -2.11. The SMILES string of the molecule is Cc1ccc(NC(=O)c2cccc(Nc3cc(-c4ccccc4)ncn3)c2)c(C)c1. The minimum absolute atomic E-state index is 0.154. The Kier molecular flexibility index (Phi) is 5.52. The fourth-order valence-corrected chi connectivity index (χ4v) is 3.23. The lowest BCUT2D eigenvalue weighted by molar-refractivity contribution is 0.102. The number of anilines is 3. The first kappa shape index (κ1) is 19.3. The Morgan fingerprint density at radius 1 is 0.833 bits per heavy atom. The molecular weight excluding hydrogens is 372 g/mol. The number of aromatic nitrogens is 2. The van der Waals surface area contributed by atoms with E-state index in [1.165, 1.54) is 6.33 Å². The Morgan fingerprint density at radius 2 is 1.67 bits per heavy atom. The molecule has 30 heavy (non-hydrogen) atoms. The monoisotopic (exact) mass is 394 g/mol. The van der Waals surface area contributed by atoms with Gasteiger partial charge in [0.2, 0.25) is 0 Å². The first-order valence-electron chi connectivity index (χ1n) is 9.72. The summed E-state index contributed by atoms with van der Waals surface area (Å²) in [6.07, 6.45) is 1.53. The van der Waals surface area contributed by atoms with E-state index in [9.17, 15) is 4.79 Å². The van der Waals surface area contributed by atoms with Gasteiger partial charge in [0.15, 0.2) is 0 Å². The molecule has 0 fully saturated rings. The van der Waals surface area contributed by atoms with Crippen molar-refractivity contribution < 1.29 is 4.79 Å². The molecule has 0 radical (unpaired) electrons. The molecule has 5 heteroatoms. The van der Waals surface area contributed by atoms with Crippen LogP contribution in [0.5, 0.6) is 0 Å². The van der Waals surface area contributed by atoms with Gasteiger partial charge in [-0.05, 0) is 43.7 Å². The number of amides is 1. The molecular formula is C25H22N4O. The number of rotatable bonds is 5. The highest BCUT2D eigenvalue weighted by Crippen LogP contribution is 2.22. The maximum Gasteiger partial charge on any atom is 0.255 e. The first-order chi connectivity index (χ1) is 14.6. The summed E-state index contributed by atoms with van der Waals surface area (Å²) in [5.41, 5.74) is 6.20. The Hall–Kier alpha value is -3.99. The molecule has 1 heterocycles. The Morgan fingerprint density at radius 3 is 2.47 bits per heavy atom. The van der Waals surface area contributed by atoms with Gasteiger partial charge in [-0.25, -0.2) is 9.97 Å². The van der Waals surface area contributed by atoms with E-state index < -0.39 is 0 Å². The molecule has 3 aromatic carbocycles. The Bertz CT molecular complexity index is 1190. The van der Waals surface area contributed by atoms with Crippen LogP contribution in [-0.4, -0.2) is 15.9 Å². The van der Waals surface area contributed by atoms with Crippen LogP contribution in [0.2, 0.25) is 0 Å². The highest BCUT2D eigenvalue weighted by molar-refractivity contribution is 6.05. The smallest absolute Gasteiger partial charge is 0.255 e. The molecule has 5 nitrogen and oxygen atoms in total. The van der Waals surface area contributed by atoms with Crippen molar-refractivity contribution in [1.82, 2.24) is 9.97 Å². The fourth-order valence-electron chi connectivity index (χ4n) is 3.23. The van der Waals surface area contributed by atoms with Crippen LogP contribution in [0, 0.1) is 13.8 Å². The first-order valence-corrected chi connectivity index (χ1v) is 9.72. The molecule has 0 aliphatic heterocycles. The average Bonchev–Trinajstić information content (AvgIpc) is 2.77. The largest absolute Gasteiger partial charge is 0.340 e. The minimum atomic E-state index is -0.154. The molecule has 2 N–H and O–H groups in total. The third-order valence-electron chi connectivity index (χ3n) is 4.76. The maximum absolute atomic E-state index is 12.7. The molecule has 1 aromatic heterocycles. The Labute approximate surface area is 175 Å². The lowest BCUT2D eigenvalue weighted by atomic mass is 10.1. The number of aryl methyl sites for hydroxylation is 2. The van der Waals surface area contributed by atoms with Gasteiger partial charge < -0.3 is 10.6 Å². The van der Waals surface area contributed by atoms with Gasteiger partial charge in [0.1, 0.15) is 12.1 Å². The Balaban J connectivity index is 1.52. The van der Waals surface area contributed by atoms with Crippen molar-refractivity contribution >= 4 is 23.1 Å². The summed E-state index contributed by atoms with van der Waals surface area (Å²) in [7, 11) is 0. The number of hydrogen-bond donors (Lipinski definition) is 2. The summed E-state index contributed by atoms with van der Waals surface area (Å²) in [6, 6.07) is 25.1. The molecule has 0 bridgehead atoms. The second-order valence-electron chi connectivity index (χ2n) is 7.13. The van der Waals surface area contributed by atoms with Crippen molar-refractivity contribution in [1.29, 1.82) is 0 Å². The van der Waals surface area contributed by atoms with Gasteiger partial charge in [-0.3, -0.25) is 4.79 Å². The summed E-state index contributed by atoms with van der Waals surface area (Å²) in [5.74, 6) is 0.508. The molecule has 0 atom stereocenters. The number of nitrogens with zero attached hydrogens (tertiary/aromatic N) is 2. The van der Waals surface area contributed by atoms with Crippen LogP contribution in [0.15, 0.2) is 85.2 Å². The van der Waals surface area contributed by atoms with Crippen molar-refractivity contribution in [2.24, 2.45) is 0 Å². The van der Waals surface area contributed by atoms with E-state index in [1.54, 1.807) is 6.07 Å². The second kappa shape index (κ2) is 8.57. The summed E-state index contributed by atoms with van der Waals surface area (Å²) in [4.78, 5) is 21.4. The topological polar surface area (TPSA) is 66.9 Å². The quantitative estimate of drug-likeness (QED) is 0.452. The molecule has 0 saturated heterocycles. The van der Waals surface area contributed by atoms with Crippen LogP contribution in [0.1, 0.15) is 21.5 Å². The molecule has 0 unspecified atom stereocenters. The van der Waals surface area contributed by atoms with Crippen LogP contribution in [-0.2, 0) is 0 Å². The predicted octanol–water partition coefficient (Wildman–Crippen LogP) is 5.76. The summed E-state index contributed by atoms with van der Waals surface area (Å²) < 4.78 is 0. The number of benzene rings is 3. The molecule has 0 aliphatic carbocycles. The molecule has 0 aliphatic rings. The van der Waals surface area contributed by atoms with Crippen LogP contribution in [0.25, 0.3) is 11.3 Å². The standard InChI is InChI=1S/C25H22N4O/c1-17-11-12-22(18(2)13-17)29-25(30)20-9-6-10-21(14-20)28-24-15-23(26-16-27-24)19-7-4-3-5-8-19/h3-16H,1-2H3,(H,29,30)(H,26,27,28). The van der Waals surface area contributed by atoms with E-state index in [-0.39, 0.29) is 5.91 Å². The minimum Gasteiger partial charge on any atom is -0.340 e. The highest BCUT2D eigenvalue weighted by atomic mass is 16.1. The van der Waals surface area contributed by atoms with Gasteiger partial charge in [-0.15, -0.1) is 0 Å². The van der Waals surface area contributed by atoms with Crippen LogP contribution in [0.3, 0.4) is 0 Å². The number of carbonyl (C=O) groups is 1. The fraction of sp³-hybridized carbons (Fsp3) is 0.0800. The maximum atomic E-state index is 12.7. The van der Waals surface area contributed by atoms with E-state index >= 15 is 0 Å². The predicted molar refractivity (Wildman–Crippen MR) is 121 cm³/mol. The third-order valence-corrected chi connectivity index (χ3v) is 4.76. The van der Waals surface area contributed by atoms with E-state index in [1.807, 2.05) is 86.6 Å².